The molecule has 0 amide bonds. The average Bonchev–Trinajstić information content (AvgIpc) is 2.74. The third-order valence-corrected chi connectivity index (χ3v) is 3.89. The molecule has 0 aliphatic rings. The summed E-state index contributed by atoms with van der Waals surface area (Å²) in [7, 11) is -0.965. The number of aryl methyl sites for hydroxylation is 2. The molecule has 104 valence electrons. The van der Waals surface area contributed by atoms with E-state index >= 15 is 0 Å². The molecule has 2 aromatic heterocycles. The van der Waals surface area contributed by atoms with Gasteiger partial charge in [-0.05, 0) is 20.3 Å². The predicted molar refractivity (Wildman–Crippen MR) is 74.4 cm³/mol. The fraction of sp³-hybridized carbons (Fsp3) is 0.545. The quantitative estimate of drug-likeness (QED) is 0.769. The van der Waals surface area contributed by atoms with E-state index in [2.05, 4.69) is 4.98 Å². The van der Waals surface area contributed by atoms with Gasteiger partial charge in [-0.3, -0.25) is 13.9 Å². The number of imidazole rings is 1. The minimum Gasteiger partial charge on any atom is -0.325 e. The highest BCUT2D eigenvalue weighted by atomic mass is 31.2. The van der Waals surface area contributed by atoms with Crippen molar-refractivity contribution < 1.29 is 4.57 Å². The Morgan fingerprint density at radius 1 is 1.32 bits per heavy atom. The van der Waals surface area contributed by atoms with E-state index in [1.54, 1.807) is 24.9 Å². The molecule has 7 nitrogen and oxygen atoms in total. The van der Waals surface area contributed by atoms with Crippen LogP contribution in [0.5, 0.6) is 0 Å². The van der Waals surface area contributed by atoms with Crippen molar-refractivity contribution in [2.24, 2.45) is 7.05 Å². The van der Waals surface area contributed by atoms with Gasteiger partial charge in [-0.25, -0.2) is 9.78 Å². The van der Waals surface area contributed by atoms with Crippen LogP contribution in [0.3, 0.4) is 0 Å². The van der Waals surface area contributed by atoms with E-state index in [1.807, 2.05) is 6.92 Å². The molecule has 2 rings (SSSR count). The van der Waals surface area contributed by atoms with Gasteiger partial charge in [-0.15, -0.1) is 0 Å². The largest absolute Gasteiger partial charge is 0.332 e. The van der Waals surface area contributed by atoms with Gasteiger partial charge >= 0.3 is 5.69 Å². The molecule has 0 aliphatic heterocycles. The van der Waals surface area contributed by atoms with Crippen molar-refractivity contribution in [1.82, 2.24) is 18.7 Å². The standard InChI is InChI=1S/C11H17N4O3P/c1-5-14-6-12-9-8(14)10(16)15(7-19(3,4)18)11(17)13(9)2/h6H,5,7H2,1-4H3. The van der Waals surface area contributed by atoms with E-state index < -0.39 is 18.4 Å². The Morgan fingerprint density at radius 3 is 2.47 bits per heavy atom. The molecule has 0 spiro atoms. The normalized spacial score (nSPS) is 12.2. The fourth-order valence-electron chi connectivity index (χ4n) is 2.03. The van der Waals surface area contributed by atoms with Crippen LogP contribution in [0.15, 0.2) is 15.9 Å². The van der Waals surface area contributed by atoms with E-state index in [1.165, 1.54) is 10.9 Å². The van der Waals surface area contributed by atoms with Crippen molar-refractivity contribution in [3.05, 3.63) is 27.2 Å². The first kappa shape index (κ1) is 13.8. The molecule has 0 fully saturated rings. The molecule has 2 heterocycles. The van der Waals surface area contributed by atoms with Gasteiger partial charge in [0.25, 0.3) is 5.56 Å². The van der Waals surface area contributed by atoms with E-state index in [4.69, 9.17) is 0 Å². The van der Waals surface area contributed by atoms with E-state index in [0.29, 0.717) is 17.7 Å². The summed E-state index contributed by atoms with van der Waals surface area (Å²) < 4.78 is 15.9. The van der Waals surface area contributed by atoms with Crippen LogP contribution < -0.4 is 11.2 Å². The van der Waals surface area contributed by atoms with Crippen LogP contribution in [0, 0.1) is 0 Å². The molecule has 0 N–H and O–H groups in total. The molecule has 0 aromatic carbocycles. The lowest BCUT2D eigenvalue weighted by Gasteiger charge is -2.11. The highest BCUT2D eigenvalue weighted by Gasteiger charge is 2.18. The van der Waals surface area contributed by atoms with Gasteiger partial charge in [0.05, 0.1) is 12.6 Å². The molecule has 0 unspecified atom stereocenters. The molecular formula is C11H17N4O3P. The average molecular weight is 284 g/mol. The van der Waals surface area contributed by atoms with Gasteiger partial charge in [0.15, 0.2) is 11.2 Å². The van der Waals surface area contributed by atoms with Gasteiger partial charge in [0.1, 0.15) is 7.14 Å². The van der Waals surface area contributed by atoms with E-state index in [0.717, 1.165) is 4.57 Å². The number of hydrogen-bond donors (Lipinski definition) is 0. The number of fused-ring (bicyclic) bond motifs is 1. The van der Waals surface area contributed by atoms with Crippen LogP contribution in [0.2, 0.25) is 0 Å². The first-order valence-electron chi connectivity index (χ1n) is 5.95. The topological polar surface area (TPSA) is 78.9 Å². The Morgan fingerprint density at radius 2 is 1.95 bits per heavy atom. The zero-order chi connectivity index (χ0) is 14.4. The van der Waals surface area contributed by atoms with Crippen LogP contribution in [0.4, 0.5) is 0 Å². The maximum Gasteiger partial charge on any atom is 0.332 e. The Balaban J connectivity index is 2.89. The Hall–Kier alpha value is -1.62. The molecule has 0 radical (unpaired) electrons. The van der Waals surface area contributed by atoms with Gasteiger partial charge in [0.2, 0.25) is 0 Å². The molecule has 0 saturated heterocycles. The summed E-state index contributed by atoms with van der Waals surface area (Å²) in [5.41, 5.74) is -0.183. The van der Waals surface area contributed by atoms with Gasteiger partial charge in [0, 0.05) is 13.6 Å². The lowest BCUT2D eigenvalue weighted by molar-refractivity contribution is 0.568. The fourth-order valence-corrected chi connectivity index (χ4v) is 2.96. The third kappa shape index (κ3) is 2.30. The molecule has 0 atom stereocenters. The first-order chi connectivity index (χ1) is 8.76. The highest BCUT2D eigenvalue weighted by molar-refractivity contribution is 7.61. The summed E-state index contributed by atoms with van der Waals surface area (Å²) in [5, 5.41) is 0. The van der Waals surface area contributed by atoms with Crippen molar-refractivity contribution in [3.63, 3.8) is 0 Å². The monoisotopic (exact) mass is 284 g/mol. The third-order valence-electron chi connectivity index (χ3n) is 2.92. The molecule has 0 saturated carbocycles. The second-order valence-corrected chi connectivity index (χ2v) is 8.42. The van der Waals surface area contributed by atoms with Crippen LogP contribution in [-0.4, -0.2) is 32.0 Å². The predicted octanol–water partition coefficient (Wildman–Crippen LogP) is 0.497. The first-order valence-corrected chi connectivity index (χ1v) is 8.73. The zero-order valence-electron chi connectivity index (χ0n) is 11.5. The Bertz CT molecular complexity index is 793. The number of nitrogens with zero attached hydrogens (tertiary/aromatic N) is 4. The minimum atomic E-state index is -2.52. The lowest BCUT2D eigenvalue weighted by Crippen LogP contribution is -2.39. The summed E-state index contributed by atoms with van der Waals surface area (Å²) in [6.07, 6.45) is 1.48. The minimum absolute atomic E-state index is 0.0522. The van der Waals surface area contributed by atoms with Crippen LogP contribution >= 0.6 is 7.14 Å². The second kappa shape index (κ2) is 4.49. The number of aromatic nitrogens is 4. The highest BCUT2D eigenvalue weighted by Crippen LogP contribution is 2.36. The number of rotatable bonds is 3. The molecular weight excluding hydrogens is 267 g/mol. The summed E-state index contributed by atoms with van der Waals surface area (Å²) in [4.78, 5) is 28.6. The van der Waals surface area contributed by atoms with Gasteiger partial charge in [-0.2, -0.15) is 0 Å². The van der Waals surface area contributed by atoms with Crippen LogP contribution in [-0.2, 0) is 24.4 Å². The Labute approximate surface area is 109 Å². The SMILES string of the molecule is CCn1cnc2c1c(=O)n(CP(C)(C)=O)c(=O)n2C. The van der Waals surface area contributed by atoms with E-state index in [-0.39, 0.29) is 6.29 Å². The summed E-state index contributed by atoms with van der Waals surface area (Å²) in [6, 6.07) is 0. The summed E-state index contributed by atoms with van der Waals surface area (Å²) in [5.74, 6) is 0. The molecule has 0 bridgehead atoms. The molecule has 2 aromatic rings. The van der Waals surface area contributed by atoms with Crippen molar-refractivity contribution in [1.29, 1.82) is 0 Å². The van der Waals surface area contributed by atoms with Gasteiger partial charge < -0.3 is 9.13 Å². The maximum absolute atomic E-state index is 12.4. The second-order valence-electron chi connectivity index (χ2n) is 4.99. The molecule has 19 heavy (non-hydrogen) atoms. The van der Waals surface area contributed by atoms with Crippen LogP contribution in [0.25, 0.3) is 11.2 Å². The number of hydrogen-bond acceptors (Lipinski definition) is 4. The Kier molecular flexibility index (Phi) is 3.26. The van der Waals surface area contributed by atoms with Crippen molar-refractivity contribution in [2.45, 2.75) is 19.8 Å². The lowest BCUT2D eigenvalue weighted by atomic mass is 10.5. The van der Waals surface area contributed by atoms with Crippen molar-refractivity contribution in [3.8, 4) is 0 Å². The van der Waals surface area contributed by atoms with Crippen LogP contribution in [0.1, 0.15) is 6.92 Å². The van der Waals surface area contributed by atoms with Crippen molar-refractivity contribution >= 4 is 18.3 Å². The zero-order valence-corrected chi connectivity index (χ0v) is 12.3. The van der Waals surface area contributed by atoms with Gasteiger partial charge in [-0.1, -0.05) is 0 Å². The summed E-state index contributed by atoms with van der Waals surface area (Å²) in [6.45, 7) is 5.58. The molecule has 8 heteroatoms. The molecule has 0 aliphatic carbocycles. The smallest absolute Gasteiger partial charge is 0.325 e. The van der Waals surface area contributed by atoms with E-state index in [9.17, 15) is 14.2 Å². The summed E-state index contributed by atoms with van der Waals surface area (Å²) >= 11 is 0. The van der Waals surface area contributed by atoms with Crippen molar-refractivity contribution in [2.75, 3.05) is 13.3 Å². The maximum atomic E-state index is 12.4.